The first-order chi connectivity index (χ1) is 7.50. The van der Waals surface area contributed by atoms with E-state index in [1.54, 1.807) is 0 Å². The first-order valence-electron chi connectivity index (χ1n) is 4.71. The summed E-state index contributed by atoms with van der Waals surface area (Å²) in [5.74, 6) is -5.49. The average molecular weight is 300 g/mol. The van der Waals surface area contributed by atoms with Crippen molar-refractivity contribution in [2.24, 2.45) is 5.73 Å². The Bertz CT molecular complexity index is 366. The summed E-state index contributed by atoms with van der Waals surface area (Å²) in [6.45, 7) is 0.366. The molecular weight excluding hydrogens is 290 g/mol. The average Bonchev–Trinajstić information content (AvgIpc) is 2.28. The van der Waals surface area contributed by atoms with E-state index in [0.717, 1.165) is 0 Å². The molecule has 1 aromatic carbocycles. The first kappa shape index (κ1) is 13.4. The van der Waals surface area contributed by atoms with Crippen LogP contribution in [0.2, 0.25) is 0 Å². The van der Waals surface area contributed by atoms with Gasteiger partial charge in [-0.25, -0.2) is 17.6 Å². The van der Waals surface area contributed by atoms with Gasteiger partial charge in [-0.3, -0.25) is 0 Å². The Labute approximate surface area is 98.8 Å². The van der Waals surface area contributed by atoms with Crippen molar-refractivity contribution >= 4 is 15.9 Å². The van der Waals surface area contributed by atoms with Crippen LogP contribution in [-0.2, 0) is 6.42 Å². The van der Waals surface area contributed by atoms with Gasteiger partial charge in [0.15, 0.2) is 23.3 Å². The highest BCUT2D eigenvalue weighted by molar-refractivity contribution is 9.10. The van der Waals surface area contributed by atoms with Crippen LogP contribution >= 0.6 is 15.9 Å². The van der Waals surface area contributed by atoms with Gasteiger partial charge in [0, 0.05) is 5.56 Å². The maximum atomic E-state index is 13.3. The zero-order valence-electron chi connectivity index (χ0n) is 8.30. The predicted molar refractivity (Wildman–Crippen MR) is 56.0 cm³/mol. The van der Waals surface area contributed by atoms with E-state index in [-0.39, 0.29) is 6.42 Å². The number of rotatable bonds is 4. The second-order valence-electron chi connectivity index (χ2n) is 3.29. The monoisotopic (exact) mass is 299 g/mol. The van der Waals surface area contributed by atoms with Crippen LogP contribution in [0.25, 0.3) is 0 Å². The second kappa shape index (κ2) is 5.63. The summed E-state index contributed by atoms with van der Waals surface area (Å²) in [4.78, 5) is 0. The summed E-state index contributed by atoms with van der Waals surface area (Å²) in [7, 11) is 0. The van der Waals surface area contributed by atoms with Gasteiger partial charge >= 0.3 is 0 Å². The van der Waals surface area contributed by atoms with E-state index in [0.29, 0.717) is 19.4 Å². The van der Waals surface area contributed by atoms with Crippen molar-refractivity contribution in [3.05, 3.63) is 33.3 Å². The van der Waals surface area contributed by atoms with Crippen LogP contribution in [0, 0.1) is 23.3 Å². The lowest BCUT2D eigenvalue weighted by atomic mass is 10.1. The van der Waals surface area contributed by atoms with Crippen molar-refractivity contribution in [1.29, 1.82) is 0 Å². The van der Waals surface area contributed by atoms with Gasteiger partial charge in [-0.15, -0.1) is 0 Å². The summed E-state index contributed by atoms with van der Waals surface area (Å²) in [5, 5.41) is 0. The molecule has 0 unspecified atom stereocenters. The van der Waals surface area contributed by atoms with Crippen molar-refractivity contribution in [3.63, 3.8) is 0 Å². The Kier molecular flexibility index (Phi) is 4.73. The molecule has 0 fully saturated rings. The van der Waals surface area contributed by atoms with Gasteiger partial charge in [-0.2, -0.15) is 0 Å². The number of hydrogen-bond donors (Lipinski definition) is 1. The fourth-order valence-corrected chi connectivity index (χ4v) is 1.66. The zero-order chi connectivity index (χ0) is 12.3. The topological polar surface area (TPSA) is 26.0 Å². The maximum absolute atomic E-state index is 13.3. The van der Waals surface area contributed by atoms with E-state index in [1.807, 2.05) is 0 Å². The summed E-state index contributed by atoms with van der Waals surface area (Å²) < 4.78 is 51.9. The van der Waals surface area contributed by atoms with E-state index in [1.165, 1.54) is 0 Å². The Hall–Kier alpha value is -0.620. The van der Waals surface area contributed by atoms with Crippen molar-refractivity contribution in [2.45, 2.75) is 19.3 Å². The van der Waals surface area contributed by atoms with Gasteiger partial charge in [0.1, 0.15) is 0 Å². The van der Waals surface area contributed by atoms with Gasteiger partial charge in [0.2, 0.25) is 0 Å². The van der Waals surface area contributed by atoms with Crippen LogP contribution in [0.3, 0.4) is 0 Å². The largest absolute Gasteiger partial charge is 0.330 e. The minimum atomic E-state index is -1.40. The lowest BCUT2D eigenvalue weighted by molar-refractivity contribution is 0.430. The highest BCUT2D eigenvalue weighted by atomic mass is 79.9. The van der Waals surface area contributed by atoms with Crippen LogP contribution in [-0.4, -0.2) is 6.54 Å². The molecule has 1 rings (SSSR count). The van der Waals surface area contributed by atoms with Crippen LogP contribution in [0.4, 0.5) is 17.6 Å². The molecule has 0 saturated carbocycles. The Morgan fingerprint density at radius 2 is 1.38 bits per heavy atom. The maximum Gasteiger partial charge on any atom is 0.176 e. The third-order valence-electron chi connectivity index (χ3n) is 2.18. The minimum Gasteiger partial charge on any atom is -0.330 e. The molecule has 6 heteroatoms. The van der Waals surface area contributed by atoms with E-state index in [4.69, 9.17) is 5.73 Å². The number of unbranched alkanes of at least 4 members (excludes halogenated alkanes) is 1. The number of halogens is 5. The van der Waals surface area contributed by atoms with Crippen molar-refractivity contribution in [3.8, 4) is 0 Å². The van der Waals surface area contributed by atoms with E-state index < -0.39 is 33.3 Å². The molecule has 0 amide bonds. The van der Waals surface area contributed by atoms with Gasteiger partial charge in [0.25, 0.3) is 0 Å². The Morgan fingerprint density at radius 3 is 1.81 bits per heavy atom. The molecule has 1 nitrogen and oxygen atoms in total. The fourth-order valence-electron chi connectivity index (χ4n) is 1.32. The zero-order valence-corrected chi connectivity index (χ0v) is 9.88. The second-order valence-corrected chi connectivity index (χ2v) is 4.09. The number of benzene rings is 1. The molecular formula is C10H10BrF4N. The molecule has 90 valence electrons. The minimum absolute atomic E-state index is 0.0734. The molecule has 0 aliphatic carbocycles. The normalized spacial score (nSPS) is 10.9. The molecule has 16 heavy (non-hydrogen) atoms. The van der Waals surface area contributed by atoms with E-state index in [9.17, 15) is 17.6 Å². The van der Waals surface area contributed by atoms with Crippen molar-refractivity contribution < 1.29 is 17.6 Å². The van der Waals surface area contributed by atoms with Gasteiger partial charge in [-0.1, -0.05) is 0 Å². The number of nitrogens with two attached hydrogens (primary N) is 1. The third-order valence-corrected chi connectivity index (χ3v) is 2.88. The molecule has 0 aliphatic rings. The fraction of sp³-hybridized carbons (Fsp3) is 0.400. The molecule has 0 bridgehead atoms. The molecule has 0 heterocycles. The highest BCUT2D eigenvalue weighted by Crippen LogP contribution is 2.28. The van der Waals surface area contributed by atoms with Crippen LogP contribution < -0.4 is 5.73 Å². The molecule has 0 atom stereocenters. The quantitative estimate of drug-likeness (QED) is 0.393. The van der Waals surface area contributed by atoms with E-state index in [2.05, 4.69) is 15.9 Å². The molecule has 0 radical (unpaired) electrons. The van der Waals surface area contributed by atoms with Crippen LogP contribution in [0.5, 0.6) is 0 Å². The lowest BCUT2D eigenvalue weighted by Gasteiger charge is -2.08. The Morgan fingerprint density at radius 1 is 0.875 bits per heavy atom. The summed E-state index contributed by atoms with van der Waals surface area (Å²) >= 11 is 2.45. The first-order valence-corrected chi connectivity index (χ1v) is 5.50. The van der Waals surface area contributed by atoms with Crippen LogP contribution in [0.15, 0.2) is 4.47 Å². The molecule has 0 aliphatic heterocycles. The predicted octanol–water partition coefficient (Wildman–Crippen LogP) is 3.29. The molecule has 0 spiro atoms. The summed E-state index contributed by atoms with van der Waals surface area (Å²) in [6.07, 6.45) is 0.846. The molecule has 0 saturated heterocycles. The lowest BCUT2D eigenvalue weighted by Crippen LogP contribution is -2.06. The molecule has 0 aromatic heterocycles. The standard InChI is InChI=1S/C10H10BrF4N/c11-6-9(14)7(12)5(3-1-2-4-16)8(13)10(6)15/h1-4,16H2. The van der Waals surface area contributed by atoms with Gasteiger partial charge in [-0.05, 0) is 41.7 Å². The summed E-state index contributed by atoms with van der Waals surface area (Å²) in [5.41, 5.74) is 4.65. The highest BCUT2D eigenvalue weighted by Gasteiger charge is 2.23. The SMILES string of the molecule is NCCCCc1c(F)c(F)c(Br)c(F)c1F. The van der Waals surface area contributed by atoms with E-state index >= 15 is 0 Å². The van der Waals surface area contributed by atoms with Crippen molar-refractivity contribution in [1.82, 2.24) is 0 Å². The van der Waals surface area contributed by atoms with Gasteiger partial charge < -0.3 is 5.73 Å². The Balaban J connectivity index is 3.08. The number of hydrogen-bond acceptors (Lipinski definition) is 1. The smallest absolute Gasteiger partial charge is 0.176 e. The van der Waals surface area contributed by atoms with Crippen LogP contribution in [0.1, 0.15) is 18.4 Å². The summed E-state index contributed by atoms with van der Waals surface area (Å²) in [6, 6.07) is 0. The third kappa shape index (κ3) is 2.55. The van der Waals surface area contributed by atoms with Gasteiger partial charge in [0.05, 0.1) is 4.47 Å². The molecule has 1 aromatic rings. The van der Waals surface area contributed by atoms with Crippen molar-refractivity contribution in [2.75, 3.05) is 6.54 Å². The molecule has 2 N–H and O–H groups in total.